The number of rotatable bonds is 1. The van der Waals surface area contributed by atoms with Crippen molar-refractivity contribution in [1.82, 2.24) is 10.2 Å². The maximum absolute atomic E-state index is 4.37. The monoisotopic (exact) mass is 139 g/mol. The average molecular weight is 139 g/mol. The Hall–Kier alpha value is -0.0800. The molecule has 2 rings (SSSR count). The van der Waals surface area contributed by atoms with E-state index in [-0.39, 0.29) is 0 Å². The fraction of sp³-hybridized carbons (Fsp3) is 1.00. The van der Waals surface area contributed by atoms with E-state index in [0.29, 0.717) is 0 Å². The van der Waals surface area contributed by atoms with Crippen LogP contribution in [0.3, 0.4) is 0 Å². The molecule has 0 amide bonds. The first-order valence-electron chi connectivity index (χ1n) is 4.34. The fourth-order valence-electron chi connectivity index (χ4n) is 1.98. The average Bonchev–Trinajstić information content (AvgIpc) is 2.59. The second kappa shape index (κ2) is 2.89. The Kier molecular flexibility index (Phi) is 1.91. The van der Waals surface area contributed by atoms with Crippen LogP contribution in [-0.4, -0.2) is 37.1 Å². The third-order valence-electron chi connectivity index (χ3n) is 2.62. The lowest BCUT2D eigenvalue weighted by Gasteiger charge is -2.21. The zero-order valence-electron chi connectivity index (χ0n) is 6.42. The first kappa shape index (κ1) is 6.62. The van der Waals surface area contributed by atoms with Gasteiger partial charge in [0.15, 0.2) is 0 Å². The number of hydrogen-bond donors (Lipinski definition) is 0. The van der Waals surface area contributed by atoms with Gasteiger partial charge < -0.3 is 0 Å². The van der Waals surface area contributed by atoms with Crippen molar-refractivity contribution in [3.05, 3.63) is 0 Å². The molecular formula is C8H15N2. The Morgan fingerprint density at radius 2 is 2.00 bits per heavy atom. The molecule has 10 heavy (non-hydrogen) atoms. The lowest BCUT2D eigenvalue weighted by Crippen LogP contribution is -2.33. The van der Waals surface area contributed by atoms with Crippen LogP contribution < -0.4 is 5.32 Å². The minimum absolute atomic E-state index is 0.822. The molecule has 0 aromatic heterocycles. The molecule has 1 radical (unpaired) electrons. The van der Waals surface area contributed by atoms with Gasteiger partial charge in [-0.1, -0.05) is 0 Å². The Bertz CT molecular complexity index is 87.8. The molecule has 0 saturated carbocycles. The number of nitrogens with zero attached hydrogens (tertiary/aromatic N) is 2. The van der Waals surface area contributed by atoms with Crippen LogP contribution in [-0.2, 0) is 0 Å². The van der Waals surface area contributed by atoms with Crippen LogP contribution in [0.25, 0.3) is 0 Å². The predicted molar refractivity (Wildman–Crippen MR) is 41.1 cm³/mol. The van der Waals surface area contributed by atoms with E-state index >= 15 is 0 Å². The van der Waals surface area contributed by atoms with Crippen molar-refractivity contribution in [2.75, 3.05) is 26.2 Å². The maximum atomic E-state index is 4.37. The van der Waals surface area contributed by atoms with Crippen LogP contribution in [0.15, 0.2) is 0 Å². The van der Waals surface area contributed by atoms with Gasteiger partial charge in [-0.3, -0.25) is 4.90 Å². The summed E-state index contributed by atoms with van der Waals surface area (Å²) in [6.45, 7) is 4.89. The van der Waals surface area contributed by atoms with Gasteiger partial charge in [0.05, 0.1) is 0 Å². The second-order valence-corrected chi connectivity index (χ2v) is 3.32. The molecule has 0 aromatic rings. The van der Waals surface area contributed by atoms with E-state index in [4.69, 9.17) is 0 Å². The van der Waals surface area contributed by atoms with Crippen LogP contribution in [0, 0.1) is 0 Å². The highest BCUT2D eigenvalue weighted by Gasteiger charge is 2.24. The van der Waals surface area contributed by atoms with E-state index in [1.54, 1.807) is 0 Å². The molecule has 2 fully saturated rings. The molecule has 57 valence electrons. The smallest absolute Gasteiger partial charge is 0.0290 e. The van der Waals surface area contributed by atoms with E-state index in [1.807, 2.05) is 0 Å². The Labute approximate surface area is 62.6 Å². The van der Waals surface area contributed by atoms with Crippen LogP contribution in [0.5, 0.6) is 0 Å². The summed E-state index contributed by atoms with van der Waals surface area (Å²) in [6, 6.07) is 0.822. The lowest BCUT2D eigenvalue weighted by atomic mass is 10.2. The number of hydrogen-bond acceptors (Lipinski definition) is 1. The molecule has 2 heteroatoms. The zero-order chi connectivity index (χ0) is 6.81. The van der Waals surface area contributed by atoms with Gasteiger partial charge in [-0.25, -0.2) is 5.32 Å². The van der Waals surface area contributed by atoms with E-state index in [0.717, 1.165) is 19.1 Å². The first-order chi connectivity index (χ1) is 4.97. The van der Waals surface area contributed by atoms with Crippen molar-refractivity contribution >= 4 is 0 Å². The summed E-state index contributed by atoms with van der Waals surface area (Å²) in [5.41, 5.74) is 0. The van der Waals surface area contributed by atoms with Gasteiger partial charge in [-0.2, -0.15) is 0 Å². The molecule has 2 aliphatic rings. The van der Waals surface area contributed by atoms with E-state index in [9.17, 15) is 0 Å². The van der Waals surface area contributed by atoms with Gasteiger partial charge in [-0.15, -0.1) is 0 Å². The van der Waals surface area contributed by atoms with Crippen molar-refractivity contribution in [1.29, 1.82) is 0 Å². The van der Waals surface area contributed by atoms with Crippen molar-refractivity contribution in [2.45, 2.75) is 25.3 Å². The summed E-state index contributed by atoms with van der Waals surface area (Å²) in [4.78, 5) is 2.61. The SMILES string of the molecule is C1CCN(C2CC[N]C2)C1. The highest BCUT2D eigenvalue weighted by atomic mass is 15.2. The van der Waals surface area contributed by atoms with E-state index in [2.05, 4.69) is 10.2 Å². The molecule has 2 nitrogen and oxygen atoms in total. The molecule has 1 atom stereocenters. The van der Waals surface area contributed by atoms with Gasteiger partial charge >= 0.3 is 0 Å². The third kappa shape index (κ3) is 1.18. The molecule has 1 unspecified atom stereocenters. The van der Waals surface area contributed by atoms with Crippen LogP contribution in [0.1, 0.15) is 19.3 Å². The summed E-state index contributed by atoms with van der Waals surface area (Å²) in [5.74, 6) is 0. The molecule has 0 N–H and O–H groups in total. The van der Waals surface area contributed by atoms with E-state index in [1.165, 1.54) is 32.4 Å². The molecule has 0 aromatic carbocycles. The quantitative estimate of drug-likeness (QED) is 0.516. The highest BCUT2D eigenvalue weighted by molar-refractivity contribution is 4.82. The van der Waals surface area contributed by atoms with Crippen molar-refractivity contribution in [2.24, 2.45) is 0 Å². The summed E-state index contributed by atoms with van der Waals surface area (Å²) in [6.07, 6.45) is 4.15. The molecule has 0 aliphatic carbocycles. The summed E-state index contributed by atoms with van der Waals surface area (Å²) < 4.78 is 0. The summed E-state index contributed by atoms with van der Waals surface area (Å²) in [7, 11) is 0. The van der Waals surface area contributed by atoms with Gasteiger partial charge in [0, 0.05) is 19.1 Å². The van der Waals surface area contributed by atoms with Crippen molar-refractivity contribution in [3.63, 3.8) is 0 Å². The van der Waals surface area contributed by atoms with Gasteiger partial charge in [0.2, 0.25) is 0 Å². The molecule has 2 aliphatic heterocycles. The fourth-order valence-corrected chi connectivity index (χ4v) is 1.98. The van der Waals surface area contributed by atoms with E-state index < -0.39 is 0 Å². The Morgan fingerprint density at radius 3 is 2.60 bits per heavy atom. The second-order valence-electron chi connectivity index (χ2n) is 3.32. The standard InChI is InChI=1S/C8H15N2/c1-2-6-10(5-1)8-3-4-9-7-8/h8H,1-7H2. The summed E-state index contributed by atoms with van der Waals surface area (Å²) in [5, 5.41) is 4.37. The largest absolute Gasteiger partial charge is 0.299 e. The normalized spacial score (nSPS) is 35.4. The lowest BCUT2D eigenvalue weighted by molar-refractivity contribution is 0.258. The van der Waals surface area contributed by atoms with Crippen molar-refractivity contribution in [3.8, 4) is 0 Å². The predicted octanol–water partition coefficient (Wildman–Crippen LogP) is 0.459. The molecule has 0 bridgehead atoms. The summed E-state index contributed by atoms with van der Waals surface area (Å²) >= 11 is 0. The highest BCUT2D eigenvalue weighted by Crippen LogP contribution is 2.15. The third-order valence-corrected chi connectivity index (χ3v) is 2.62. The first-order valence-corrected chi connectivity index (χ1v) is 4.34. The van der Waals surface area contributed by atoms with Crippen LogP contribution in [0.4, 0.5) is 0 Å². The Morgan fingerprint density at radius 1 is 1.20 bits per heavy atom. The van der Waals surface area contributed by atoms with Crippen LogP contribution in [0.2, 0.25) is 0 Å². The van der Waals surface area contributed by atoms with Crippen molar-refractivity contribution < 1.29 is 0 Å². The molecule has 2 saturated heterocycles. The van der Waals surface area contributed by atoms with Gasteiger partial charge in [-0.05, 0) is 32.4 Å². The van der Waals surface area contributed by atoms with Crippen LogP contribution >= 0.6 is 0 Å². The Balaban J connectivity index is 1.85. The minimum atomic E-state index is 0.822. The maximum Gasteiger partial charge on any atom is 0.0290 e. The number of likely N-dealkylation sites (tertiary alicyclic amines) is 1. The van der Waals surface area contributed by atoms with Gasteiger partial charge in [0.1, 0.15) is 0 Å². The molecule has 2 heterocycles. The molecule has 0 spiro atoms. The van der Waals surface area contributed by atoms with Gasteiger partial charge in [0.25, 0.3) is 0 Å². The zero-order valence-corrected chi connectivity index (χ0v) is 6.42. The minimum Gasteiger partial charge on any atom is -0.299 e. The molecular weight excluding hydrogens is 124 g/mol. The topological polar surface area (TPSA) is 17.3 Å².